The third-order valence-corrected chi connectivity index (χ3v) is 1.88. The van der Waals surface area contributed by atoms with E-state index >= 15 is 0 Å². The molecule has 0 bridgehead atoms. The summed E-state index contributed by atoms with van der Waals surface area (Å²) in [4.78, 5) is 10.8. The molecular weight excluding hydrogens is 231 g/mol. The van der Waals surface area contributed by atoms with Crippen molar-refractivity contribution in [3.63, 3.8) is 0 Å². The highest BCUT2D eigenvalue weighted by molar-refractivity contribution is 6.29. The lowest BCUT2D eigenvalue weighted by Crippen LogP contribution is -2.13. The Balaban J connectivity index is 2.95. The average Bonchev–Trinajstić information content (AvgIpc) is 2.20. The lowest BCUT2D eigenvalue weighted by Gasteiger charge is -2.06. The number of amides is 1. The molecule has 0 saturated heterocycles. The van der Waals surface area contributed by atoms with E-state index in [9.17, 15) is 18.0 Å². The van der Waals surface area contributed by atoms with E-state index in [0.717, 1.165) is 18.2 Å². The molecule has 1 N–H and O–H groups in total. The normalized spacial score (nSPS) is 10.5. The van der Waals surface area contributed by atoms with Gasteiger partial charge < -0.3 is 5.32 Å². The largest absolute Gasteiger partial charge is 0.323 e. The van der Waals surface area contributed by atoms with E-state index in [0.29, 0.717) is 0 Å². The van der Waals surface area contributed by atoms with Crippen molar-refractivity contribution in [1.29, 1.82) is 0 Å². The van der Waals surface area contributed by atoms with Gasteiger partial charge in [-0.2, -0.15) is 0 Å². The van der Waals surface area contributed by atoms with Crippen molar-refractivity contribution in [1.82, 2.24) is 0 Å². The molecule has 2 nitrogen and oxygen atoms in total. The van der Waals surface area contributed by atoms with Crippen molar-refractivity contribution < 1.29 is 18.0 Å². The lowest BCUT2D eigenvalue weighted by molar-refractivity contribution is -0.113. The SMILES string of the molecule is O=C(CCl)Nc1cc(C(F)F)ccc1F. The van der Waals surface area contributed by atoms with E-state index in [1.54, 1.807) is 0 Å². The van der Waals surface area contributed by atoms with Gasteiger partial charge in [0.2, 0.25) is 5.91 Å². The van der Waals surface area contributed by atoms with Crippen LogP contribution in [0.5, 0.6) is 0 Å². The molecule has 0 unspecified atom stereocenters. The zero-order valence-corrected chi connectivity index (χ0v) is 8.19. The fourth-order valence-corrected chi connectivity index (χ4v) is 1.02. The number of carbonyl (C=O) groups excluding carboxylic acids is 1. The Bertz CT molecular complexity index is 370. The zero-order valence-electron chi connectivity index (χ0n) is 7.44. The number of rotatable bonds is 3. The van der Waals surface area contributed by atoms with Crippen LogP contribution in [-0.4, -0.2) is 11.8 Å². The molecule has 6 heteroatoms. The minimum Gasteiger partial charge on any atom is -0.323 e. The van der Waals surface area contributed by atoms with Gasteiger partial charge in [0, 0.05) is 5.56 Å². The summed E-state index contributed by atoms with van der Waals surface area (Å²) in [6.45, 7) is 0. The fourth-order valence-electron chi connectivity index (χ4n) is 0.958. The first-order valence-corrected chi connectivity index (χ1v) is 4.51. The predicted molar refractivity (Wildman–Crippen MR) is 50.7 cm³/mol. The van der Waals surface area contributed by atoms with Gasteiger partial charge in [-0.1, -0.05) is 6.07 Å². The lowest BCUT2D eigenvalue weighted by atomic mass is 10.2. The van der Waals surface area contributed by atoms with Crippen LogP contribution < -0.4 is 5.32 Å². The van der Waals surface area contributed by atoms with Crippen LogP contribution in [0.15, 0.2) is 18.2 Å². The summed E-state index contributed by atoms with van der Waals surface area (Å²) in [5.41, 5.74) is -0.653. The van der Waals surface area contributed by atoms with Crippen LogP contribution in [0.2, 0.25) is 0 Å². The minimum absolute atomic E-state index is 0.293. The molecule has 0 spiro atoms. The van der Waals surface area contributed by atoms with Gasteiger partial charge in [-0.05, 0) is 12.1 Å². The van der Waals surface area contributed by atoms with Crippen molar-refractivity contribution in [2.45, 2.75) is 6.43 Å². The summed E-state index contributed by atoms with van der Waals surface area (Å²) in [7, 11) is 0. The number of nitrogens with one attached hydrogen (secondary N) is 1. The third-order valence-electron chi connectivity index (χ3n) is 1.64. The standard InChI is InChI=1S/C9H7ClF3NO/c10-4-8(15)14-7-3-5(9(12)13)1-2-6(7)11/h1-3,9H,4H2,(H,14,15). The van der Waals surface area contributed by atoms with Crippen LogP contribution in [0.4, 0.5) is 18.9 Å². The van der Waals surface area contributed by atoms with Gasteiger partial charge in [0.15, 0.2) is 0 Å². The number of carbonyl (C=O) groups is 1. The predicted octanol–water partition coefficient (Wildman–Crippen LogP) is 2.94. The zero-order chi connectivity index (χ0) is 11.4. The smallest absolute Gasteiger partial charge is 0.263 e. The summed E-state index contributed by atoms with van der Waals surface area (Å²) in [6, 6.07) is 2.70. The second-order valence-corrected chi connectivity index (χ2v) is 2.99. The molecular formula is C9H7ClF3NO. The van der Waals surface area contributed by atoms with E-state index in [-0.39, 0.29) is 17.1 Å². The highest BCUT2D eigenvalue weighted by Gasteiger charge is 2.12. The van der Waals surface area contributed by atoms with Crippen LogP contribution >= 0.6 is 11.6 Å². The maximum Gasteiger partial charge on any atom is 0.263 e. The average molecular weight is 238 g/mol. The van der Waals surface area contributed by atoms with E-state index in [2.05, 4.69) is 5.32 Å². The first-order valence-electron chi connectivity index (χ1n) is 3.98. The Morgan fingerprint density at radius 2 is 2.13 bits per heavy atom. The Labute approximate surface area is 89.0 Å². The Kier molecular flexibility index (Phi) is 3.96. The van der Waals surface area contributed by atoms with Crippen LogP contribution in [0.1, 0.15) is 12.0 Å². The molecule has 1 amide bonds. The number of halogens is 4. The third kappa shape index (κ3) is 3.13. The Morgan fingerprint density at radius 1 is 1.47 bits per heavy atom. The monoisotopic (exact) mass is 237 g/mol. The maximum atomic E-state index is 13.0. The molecule has 0 atom stereocenters. The molecule has 0 aliphatic rings. The van der Waals surface area contributed by atoms with Crippen molar-refractivity contribution in [3.05, 3.63) is 29.6 Å². The van der Waals surface area contributed by atoms with Gasteiger partial charge in [0.25, 0.3) is 6.43 Å². The molecule has 0 aliphatic heterocycles. The Hall–Kier alpha value is -1.23. The van der Waals surface area contributed by atoms with Gasteiger partial charge in [-0.15, -0.1) is 11.6 Å². The summed E-state index contributed by atoms with van der Waals surface area (Å²) in [5, 5.41) is 2.08. The molecule has 0 radical (unpaired) electrons. The number of anilines is 1. The van der Waals surface area contributed by atoms with Crippen molar-refractivity contribution in [2.75, 3.05) is 11.2 Å². The topological polar surface area (TPSA) is 29.1 Å². The first-order chi connectivity index (χ1) is 7.04. The summed E-state index contributed by atoms with van der Waals surface area (Å²) >= 11 is 5.17. The summed E-state index contributed by atoms with van der Waals surface area (Å²) < 4.78 is 37.5. The fraction of sp³-hybridized carbons (Fsp3) is 0.222. The van der Waals surface area contributed by atoms with E-state index < -0.39 is 18.1 Å². The molecule has 82 valence electrons. The van der Waals surface area contributed by atoms with Crippen molar-refractivity contribution >= 4 is 23.2 Å². The van der Waals surface area contributed by atoms with Crippen LogP contribution in [0, 0.1) is 5.82 Å². The van der Waals surface area contributed by atoms with Gasteiger partial charge in [0.05, 0.1) is 5.69 Å². The molecule has 0 fully saturated rings. The first kappa shape index (κ1) is 11.8. The molecule has 15 heavy (non-hydrogen) atoms. The molecule has 0 heterocycles. The molecule has 0 aromatic heterocycles. The number of benzene rings is 1. The van der Waals surface area contributed by atoms with Gasteiger partial charge in [0.1, 0.15) is 11.7 Å². The van der Waals surface area contributed by atoms with E-state index in [4.69, 9.17) is 11.6 Å². The van der Waals surface area contributed by atoms with Gasteiger partial charge >= 0.3 is 0 Å². The highest BCUT2D eigenvalue weighted by atomic mass is 35.5. The van der Waals surface area contributed by atoms with Crippen LogP contribution in [0.25, 0.3) is 0 Å². The second-order valence-electron chi connectivity index (χ2n) is 2.72. The summed E-state index contributed by atoms with van der Waals surface area (Å²) in [5.74, 6) is -1.79. The number of hydrogen-bond donors (Lipinski definition) is 1. The molecule has 0 aliphatic carbocycles. The van der Waals surface area contributed by atoms with Crippen LogP contribution in [0.3, 0.4) is 0 Å². The van der Waals surface area contributed by atoms with Gasteiger partial charge in [-0.25, -0.2) is 13.2 Å². The van der Waals surface area contributed by atoms with E-state index in [1.165, 1.54) is 0 Å². The molecule has 1 rings (SSSR count). The quantitative estimate of drug-likeness (QED) is 0.805. The van der Waals surface area contributed by atoms with Crippen molar-refractivity contribution in [3.8, 4) is 0 Å². The van der Waals surface area contributed by atoms with Crippen LogP contribution in [-0.2, 0) is 4.79 Å². The van der Waals surface area contributed by atoms with Gasteiger partial charge in [-0.3, -0.25) is 4.79 Å². The number of alkyl halides is 3. The van der Waals surface area contributed by atoms with Crippen molar-refractivity contribution in [2.24, 2.45) is 0 Å². The molecule has 1 aromatic carbocycles. The Morgan fingerprint density at radius 3 is 2.67 bits per heavy atom. The highest BCUT2D eigenvalue weighted by Crippen LogP contribution is 2.24. The second kappa shape index (κ2) is 5.02. The van der Waals surface area contributed by atoms with E-state index in [1.807, 2.05) is 0 Å². The number of hydrogen-bond acceptors (Lipinski definition) is 1. The summed E-state index contributed by atoms with van der Waals surface area (Å²) in [6.07, 6.45) is -2.71. The minimum atomic E-state index is -2.71. The molecule has 1 aromatic rings. The molecule has 0 saturated carbocycles. The maximum absolute atomic E-state index is 13.0.